The predicted octanol–water partition coefficient (Wildman–Crippen LogP) is 4.62. The van der Waals surface area contributed by atoms with Crippen LogP contribution in [0.25, 0.3) is 5.70 Å². The maximum atomic E-state index is 12.5. The molecule has 1 aliphatic carbocycles. The largest absolute Gasteiger partial charge is 0.473 e. The molecule has 35 heavy (non-hydrogen) atoms. The van der Waals surface area contributed by atoms with Crippen LogP contribution in [0.3, 0.4) is 0 Å². The number of alkyl halides is 3. The molecular weight excluding hydrogens is 457 g/mol. The highest BCUT2D eigenvalue weighted by molar-refractivity contribution is 5.85. The second-order valence-corrected chi connectivity index (χ2v) is 8.83. The standard InChI is InChI=1S/C15H19F3N2O.C11H12N2O/c1-4-14-7-11(13(14)20(3)9(14)2)21-12-6-5-10(8-19-12)15(16,17)18;12-7-3-6-11(13)10-5-2-1-4-9(10)8-14/h5-6,8-9,11,13H,4,7H2,1-3H3;1-8H,12-13H2/b;7-3-,11-6-. The average Bonchev–Trinajstić information content (AvgIpc) is 2.84. The molecular formula is C26H31F3N4O2. The minimum atomic E-state index is -4.36. The van der Waals surface area contributed by atoms with Crippen molar-refractivity contribution in [3.05, 3.63) is 77.6 Å². The molecule has 2 aliphatic rings. The molecule has 2 fully saturated rings. The number of likely N-dealkylation sites (tertiary alicyclic amines) is 1. The number of rotatable bonds is 6. The normalized spacial score (nSPS) is 26.1. The molecule has 1 aliphatic heterocycles. The zero-order chi connectivity index (χ0) is 25.8. The quantitative estimate of drug-likeness (QED) is 0.455. The lowest BCUT2D eigenvalue weighted by atomic mass is 9.50. The molecule has 4 rings (SSSR count). The van der Waals surface area contributed by atoms with Gasteiger partial charge in [0.1, 0.15) is 6.10 Å². The molecule has 1 aromatic carbocycles. The van der Waals surface area contributed by atoms with Crippen molar-refractivity contribution in [1.82, 2.24) is 9.88 Å². The van der Waals surface area contributed by atoms with Gasteiger partial charge in [-0.25, -0.2) is 4.98 Å². The molecule has 0 radical (unpaired) electrons. The summed E-state index contributed by atoms with van der Waals surface area (Å²) in [6, 6.07) is 10.3. The smallest absolute Gasteiger partial charge is 0.417 e. The first-order valence-electron chi connectivity index (χ1n) is 11.4. The van der Waals surface area contributed by atoms with Crippen molar-refractivity contribution in [3.63, 3.8) is 0 Å². The number of pyridine rings is 1. The number of aldehydes is 1. The van der Waals surface area contributed by atoms with Crippen LogP contribution in [0, 0.1) is 5.41 Å². The van der Waals surface area contributed by atoms with E-state index in [2.05, 4.69) is 30.8 Å². The molecule has 2 heterocycles. The number of aromatic nitrogens is 1. The van der Waals surface area contributed by atoms with Gasteiger partial charge in [0.15, 0.2) is 6.29 Å². The summed E-state index contributed by atoms with van der Waals surface area (Å²) in [4.78, 5) is 16.7. The van der Waals surface area contributed by atoms with Crippen molar-refractivity contribution in [1.29, 1.82) is 0 Å². The lowest BCUT2D eigenvalue weighted by molar-refractivity contribution is -0.243. The van der Waals surface area contributed by atoms with Gasteiger partial charge in [-0.1, -0.05) is 31.2 Å². The molecule has 4 N–H and O–H groups in total. The first kappa shape index (κ1) is 26.3. The maximum absolute atomic E-state index is 12.5. The third-order valence-electron chi connectivity index (χ3n) is 7.18. The Bertz CT molecular complexity index is 1080. The Balaban J connectivity index is 0.000000214. The summed E-state index contributed by atoms with van der Waals surface area (Å²) in [6.45, 7) is 4.40. The van der Waals surface area contributed by atoms with E-state index >= 15 is 0 Å². The van der Waals surface area contributed by atoms with Gasteiger partial charge in [-0.05, 0) is 51.2 Å². The highest BCUT2D eigenvalue weighted by atomic mass is 19.4. The summed E-state index contributed by atoms with van der Waals surface area (Å²) in [5.41, 5.74) is 12.3. The van der Waals surface area contributed by atoms with Gasteiger partial charge in [0.2, 0.25) is 5.88 Å². The number of benzene rings is 1. The molecule has 0 bridgehead atoms. The third kappa shape index (κ3) is 5.19. The van der Waals surface area contributed by atoms with Crippen molar-refractivity contribution < 1.29 is 22.7 Å². The fourth-order valence-electron chi connectivity index (χ4n) is 5.11. The van der Waals surface area contributed by atoms with E-state index in [9.17, 15) is 18.0 Å². The van der Waals surface area contributed by atoms with E-state index in [0.29, 0.717) is 28.8 Å². The number of likely N-dealkylation sites (N-methyl/N-ethyl adjacent to an activating group) is 1. The van der Waals surface area contributed by atoms with Gasteiger partial charge in [0, 0.05) is 40.5 Å². The maximum Gasteiger partial charge on any atom is 0.417 e. The van der Waals surface area contributed by atoms with Crippen LogP contribution in [0.4, 0.5) is 13.2 Å². The molecule has 4 unspecified atom stereocenters. The number of nitrogens with two attached hydrogens (primary N) is 2. The SMILES string of the molecule is CCC12CC(Oc3ccc(C(F)(F)F)cn3)C1N(C)C2C.N/C=C\C=C(/N)c1ccccc1C=O. The molecule has 188 valence electrons. The molecule has 1 aromatic heterocycles. The van der Waals surface area contributed by atoms with Crippen LogP contribution in [0.15, 0.2) is 60.9 Å². The molecule has 9 heteroatoms. The van der Waals surface area contributed by atoms with Crippen molar-refractivity contribution in [3.8, 4) is 5.88 Å². The number of fused-ring (bicyclic) bond motifs is 1. The summed E-state index contributed by atoms with van der Waals surface area (Å²) < 4.78 is 43.2. The Kier molecular flexibility index (Phi) is 7.90. The number of carbonyl (C=O) groups is 1. The Labute approximate surface area is 203 Å². The van der Waals surface area contributed by atoms with Crippen LogP contribution in [-0.4, -0.2) is 41.4 Å². The highest BCUT2D eigenvalue weighted by Gasteiger charge is 2.67. The number of carbonyl (C=O) groups excluding carboxylic acids is 1. The minimum absolute atomic E-state index is 0.0235. The third-order valence-corrected chi connectivity index (χ3v) is 7.18. The van der Waals surface area contributed by atoms with E-state index in [1.165, 1.54) is 12.3 Å². The molecule has 4 atom stereocenters. The van der Waals surface area contributed by atoms with Gasteiger partial charge in [0.05, 0.1) is 11.6 Å². The lowest BCUT2D eigenvalue weighted by Gasteiger charge is -2.71. The van der Waals surface area contributed by atoms with Gasteiger partial charge < -0.3 is 16.2 Å². The molecule has 6 nitrogen and oxygen atoms in total. The topological polar surface area (TPSA) is 94.5 Å². The number of hydrogen-bond acceptors (Lipinski definition) is 6. The number of ether oxygens (including phenoxy) is 1. The summed E-state index contributed by atoms with van der Waals surface area (Å²) in [6.07, 6.45) is 3.98. The van der Waals surface area contributed by atoms with E-state index < -0.39 is 11.7 Å². The van der Waals surface area contributed by atoms with Crippen LogP contribution in [0.2, 0.25) is 0 Å². The minimum Gasteiger partial charge on any atom is -0.473 e. The van der Waals surface area contributed by atoms with E-state index in [1.807, 2.05) is 6.07 Å². The summed E-state index contributed by atoms with van der Waals surface area (Å²) >= 11 is 0. The fourth-order valence-corrected chi connectivity index (χ4v) is 5.11. The lowest BCUT2D eigenvalue weighted by Crippen LogP contribution is -2.81. The summed E-state index contributed by atoms with van der Waals surface area (Å²) in [7, 11) is 2.07. The second kappa shape index (κ2) is 10.5. The van der Waals surface area contributed by atoms with Gasteiger partial charge in [-0.15, -0.1) is 0 Å². The first-order valence-corrected chi connectivity index (χ1v) is 11.4. The van der Waals surface area contributed by atoms with Crippen molar-refractivity contribution in [2.75, 3.05) is 7.05 Å². The van der Waals surface area contributed by atoms with Gasteiger partial charge in [-0.3, -0.25) is 9.69 Å². The molecule has 0 spiro atoms. The van der Waals surface area contributed by atoms with Crippen molar-refractivity contribution >= 4 is 12.0 Å². The Morgan fingerprint density at radius 3 is 2.57 bits per heavy atom. The Morgan fingerprint density at radius 2 is 2.00 bits per heavy atom. The second-order valence-electron chi connectivity index (χ2n) is 8.83. The number of allylic oxidation sites excluding steroid dienone is 2. The zero-order valence-electron chi connectivity index (χ0n) is 20.0. The number of halogens is 3. The van der Waals surface area contributed by atoms with Crippen molar-refractivity contribution in [2.24, 2.45) is 16.9 Å². The van der Waals surface area contributed by atoms with Crippen LogP contribution in [-0.2, 0) is 6.18 Å². The monoisotopic (exact) mass is 488 g/mol. The summed E-state index contributed by atoms with van der Waals surface area (Å²) in [5, 5.41) is 0. The van der Waals surface area contributed by atoms with E-state index in [-0.39, 0.29) is 12.0 Å². The number of hydrogen-bond donors (Lipinski definition) is 2. The zero-order valence-corrected chi connectivity index (χ0v) is 20.0. The fraction of sp³-hybridized carbons (Fsp3) is 0.385. The van der Waals surface area contributed by atoms with Crippen LogP contribution >= 0.6 is 0 Å². The van der Waals surface area contributed by atoms with Crippen LogP contribution in [0.1, 0.15) is 48.2 Å². The number of nitrogens with zero attached hydrogens (tertiary/aromatic N) is 2. The van der Waals surface area contributed by atoms with E-state index in [1.54, 1.807) is 30.4 Å². The molecule has 1 saturated heterocycles. The van der Waals surface area contributed by atoms with Gasteiger partial charge in [-0.2, -0.15) is 13.2 Å². The van der Waals surface area contributed by atoms with Gasteiger partial charge in [0.25, 0.3) is 0 Å². The molecule has 0 amide bonds. The number of piperidine rings is 1. The van der Waals surface area contributed by atoms with E-state index in [0.717, 1.165) is 37.0 Å². The van der Waals surface area contributed by atoms with Crippen LogP contribution < -0.4 is 16.2 Å². The van der Waals surface area contributed by atoms with Gasteiger partial charge >= 0.3 is 6.18 Å². The Morgan fingerprint density at radius 1 is 1.29 bits per heavy atom. The first-order chi connectivity index (χ1) is 16.6. The average molecular weight is 489 g/mol. The predicted molar refractivity (Wildman–Crippen MR) is 129 cm³/mol. The molecule has 2 aromatic rings. The molecule has 1 saturated carbocycles. The highest BCUT2D eigenvalue weighted by Crippen LogP contribution is 2.59. The summed E-state index contributed by atoms with van der Waals surface area (Å²) in [5.74, 6) is 0.269. The van der Waals surface area contributed by atoms with E-state index in [4.69, 9.17) is 16.2 Å². The van der Waals surface area contributed by atoms with Crippen molar-refractivity contribution in [2.45, 2.75) is 51.1 Å². The Hall–Kier alpha value is -3.33. The van der Waals surface area contributed by atoms with Crippen LogP contribution in [0.5, 0.6) is 5.88 Å².